The van der Waals surface area contributed by atoms with Crippen molar-refractivity contribution < 1.29 is 4.79 Å². The monoisotopic (exact) mass is 217 g/mol. The normalized spacial score (nSPS) is 9.12. The number of amides is 1. The van der Waals surface area contributed by atoms with E-state index >= 15 is 0 Å². The summed E-state index contributed by atoms with van der Waals surface area (Å²) in [6.45, 7) is 0.876. The van der Waals surface area contributed by atoms with Crippen molar-refractivity contribution in [2.24, 2.45) is 5.84 Å². The van der Waals surface area contributed by atoms with Crippen LogP contribution in [0.1, 0.15) is 22.3 Å². The number of hydrazine groups is 1. The number of benzene rings is 1. The van der Waals surface area contributed by atoms with E-state index < -0.39 is 0 Å². The molecular weight excluding hydrogens is 202 g/mol. The average molecular weight is 217 g/mol. The van der Waals surface area contributed by atoms with Gasteiger partial charge in [-0.15, -0.1) is 0 Å². The predicted molar refractivity (Wildman–Crippen MR) is 63.5 cm³/mol. The summed E-state index contributed by atoms with van der Waals surface area (Å²) < 4.78 is 0. The SMILES string of the molecule is CNCCC#Cc1ccc(C(=O)NN)cc1. The molecule has 0 fully saturated rings. The van der Waals surface area contributed by atoms with E-state index in [2.05, 4.69) is 22.6 Å². The van der Waals surface area contributed by atoms with Gasteiger partial charge in [-0.25, -0.2) is 5.84 Å². The maximum Gasteiger partial charge on any atom is 0.265 e. The van der Waals surface area contributed by atoms with E-state index in [9.17, 15) is 4.79 Å². The highest BCUT2D eigenvalue weighted by atomic mass is 16.2. The van der Waals surface area contributed by atoms with Gasteiger partial charge in [0.15, 0.2) is 0 Å². The molecule has 0 unspecified atom stereocenters. The van der Waals surface area contributed by atoms with Crippen LogP contribution in [0.5, 0.6) is 0 Å². The van der Waals surface area contributed by atoms with Crippen molar-refractivity contribution in [3.63, 3.8) is 0 Å². The summed E-state index contributed by atoms with van der Waals surface area (Å²) in [5, 5.41) is 3.02. The Balaban J connectivity index is 2.63. The molecule has 1 rings (SSSR count). The smallest absolute Gasteiger partial charge is 0.265 e. The molecular formula is C12H15N3O. The largest absolute Gasteiger partial charge is 0.319 e. The Morgan fingerprint density at radius 1 is 1.38 bits per heavy atom. The van der Waals surface area contributed by atoms with Crippen LogP contribution in [0.25, 0.3) is 0 Å². The zero-order chi connectivity index (χ0) is 11.8. The Morgan fingerprint density at radius 3 is 2.62 bits per heavy atom. The van der Waals surface area contributed by atoms with Crippen LogP contribution in [0.2, 0.25) is 0 Å². The summed E-state index contributed by atoms with van der Waals surface area (Å²) in [4.78, 5) is 11.1. The second-order valence-electron chi connectivity index (χ2n) is 3.21. The number of carbonyl (C=O) groups excluding carboxylic acids is 1. The van der Waals surface area contributed by atoms with Gasteiger partial charge in [-0.05, 0) is 31.3 Å². The third-order valence-electron chi connectivity index (χ3n) is 2.01. The molecule has 4 N–H and O–H groups in total. The number of nitrogen functional groups attached to an aromatic ring is 1. The minimum atomic E-state index is -0.297. The molecule has 1 aromatic carbocycles. The number of nitrogens with one attached hydrogen (secondary N) is 2. The summed E-state index contributed by atoms with van der Waals surface area (Å²) in [5.74, 6) is 10.8. The molecule has 0 aromatic heterocycles. The summed E-state index contributed by atoms with van der Waals surface area (Å²) in [5.41, 5.74) is 3.50. The average Bonchev–Trinajstić information content (AvgIpc) is 2.34. The van der Waals surface area contributed by atoms with Crippen molar-refractivity contribution in [2.75, 3.05) is 13.6 Å². The van der Waals surface area contributed by atoms with Gasteiger partial charge in [0.05, 0.1) is 0 Å². The van der Waals surface area contributed by atoms with E-state index in [1.165, 1.54) is 0 Å². The summed E-state index contributed by atoms with van der Waals surface area (Å²) in [7, 11) is 1.89. The Morgan fingerprint density at radius 2 is 2.06 bits per heavy atom. The molecule has 0 radical (unpaired) electrons. The number of rotatable bonds is 3. The highest BCUT2D eigenvalue weighted by molar-refractivity contribution is 5.93. The Kier molecular flexibility index (Phi) is 5.06. The van der Waals surface area contributed by atoms with Crippen LogP contribution in [0.4, 0.5) is 0 Å². The molecule has 4 nitrogen and oxygen atoms in total. The van der Waals surface area contributed by atoms with Crippen LogP contribution in [-0.2, 0) is 0 Å². The maximum atomic E-state index is 11.1. The van der Waals surface area contributed by atoms with Crippen molar-refractivity contribution in [2.45, 2.75) is 6.42 Å². The number of carbonyl (C=O) groups is 1. The number of hydrogen-bond acceptors (Lipinski definition) is 3. The predicted octanol–water partition coefficient (Wildman–Crippen LogP) is 0.251. The molecule has 0 bridgehead atoms. The first-order valence-corrected chi connectivity index (χ1v) is 5.02. The van der Waals surface area contributed by atoms with Gasteiger partial charge in [-0.2, -0.15) is 0 Å². The first-order valence-electron chi connectivity index (χ1n) is 5.02. The number of hydrogen-bond donors (Lipinski definition) is 3. The Labute approximate surface area is 95.2 Å². The Bertz CT molecular complexity index is 401. The molecule has 0 atom stereocenters. The lowest BCUT2D eigenvalue weighted by Crippen LogP contribution is -2.29. The van der Waals surface area contributed by atoms with E-state index in [-0.39, 0.29) is 5.91 Å². The van der Waals surface area contributed by atoms with E-state index in [1.807, 2.05) is 7.05 Å². The first-order chi connectivity index (χ1) is 7.77. The topological polar surface area (TPSA) is 67.2 Å². The van der Waals surface area contributed by atoms with Gasteiger partial charge in [-0.3, -0.25) is 10.2 Å². The molecule has 4 heteroatoms. The van der Waals surface area contributed by atoms with Gasteiger partial charge in [0.2, 0.25) is 0 Å². The van der Waals surface area contributed by atoms with E-state index in [1.54, 1.807) is 24.3 Å². The molecule has 0 aliphatic rings. The standard InChI is InChI=1S/C12H15N3O/c1-14-9-3-2-4-10-5-7-11(8-6-10)12(16)15-13/h5-8,14H,3,9,13H2,1H3,(H,15,16). The fourth-order valence-electron chi connectivity index (χ4n) is 1.14. The molecule has 84 valence electrons. The van der Waals surface area contributed by atoms with Crippen molar-refractivity contribution in [1.82, 2.24) is 10.7 Å². The molecule has 0 saturated carbocycles. The third-order valence-corrected chi connectivity index (χ3v) is 2.01. The fraction of sp³-hybridized carbons (Fsp3) is 0.250. The van der Waals surface area contributed by atoms with Gasteiger partial charge < -0.3 is 5.32 Å². The Hall–Kier alpha value is -1.83. The lowest BCUT2D eigenvalue weighted by Gasteiger charge is -1.98. The zero-order valence-corrected chi connectivity index (χ0v) is 9.21. The first kappa shape index (κ1) is 12.2. The van der Waals surface area contributed by atoms with Gasteiger partial charge in [0.1, 0.15) is 0 Å². The highest BCUT2D eigenvalue weighted by Crippen LogP contribution is 2.02. The minimum Gasteiger partial charge on any atom is -0.319 e. The van der Waals surface area contributed by atoms with Gasteiger partial charge in [-0.1, -0.05) is 11.8 Å². The van der Waals surface area contributed by atoms with E-state index in [4.69, 9.17) is 5.84 Å². The lowest BCUT2D eigenvalue weighted by molar-refractivity contribution is 0.0953. The third kappa shape index (κ3) is 3.73. The van der Waals surface area contributed by atoms with Crippen LogP contribution in [0.15, 0.2) is 24.3 Å². The minimum absolute atomic E-state index is 0.297. The van der Waals surface area contributed by atoms with Crippen molar-refractivity contribution in [1.29, 1.82) is 0 Å². The quantitative estimate of drug-likeness (QED) is 0.223. The molecule has 1 amide bonds. The molecule has 16 heavy (non-hydrogen) atoms. The van der Waals surface area contributed by atoms with E-state index in [0.717, 1.165) is 18.5 Å². The van der Waals surface area contributed by atoms with Crippen LogP contribution in [0, 0.1) is 11.8 Å². The summed E-state index contributed by atoms with van der Waals surface area (Å²) in [6.07, 6.45) is 0.807. The van der Waals surface area contributed by atoms with E-state index in [0.29, 0.717) is 5.56 Å². The lowest BCUT2D eigenvalue weighted by atomic mass is 10.1. The highest BCUT2D eigenvalue weighted by Gasteiger charge is 2.00. The second-order valence-corrected chi connectivity index (χ2v) is 3.21. The molecule has 0 spiro atoms. The second kappa shape index (κ2) is 6.62. The van der Waals surface area contributed by atoms with Crippen molar-refractivity contribution in [3.8, 4) is 11.8 Å². The summed E-state index contributed by atoms with van der Waals surface area (Å²) >= 11 is 0. The van der Waals surface area contributed by atoms with Crippen LogP contribution in [0.3, 0.4) is 0 Å². The number of nitrogens with two attached hydrogens (primary N) is 1. The fourth-order valence-corrected chi connectivity index (χ4v) is 1.14. The van der Waals surface area contributed by atoms with Crippen molar-refractivity contribution >= 4 is 5.91 Å². The molecule has 0 saturated heterocycles. The summed E-state index contributed by atoms with van der Waals surface area (Å²) in [6, 6.07) is 7.00. The molecule has 0 heterocycles. The van der Waals surface area contributed by atoms with Gasteiger partial charge in [0, 0.05) is 24.1 Å². The maximum absolute atomic E-state index is 11.1. The van der Waals surface area contributed by atoms with Crippen LogP contribution >= 0.6 is 0 Å². The molecule has 0 aliphatic heterocycles. The molecule has 0 aliphatic carbocycles. The van der Waals surface area contributed by atoms with Gasteiger partial charge >= 0.3 is 0 Å². The van der Waals surface area contributed by atoms with Crippen LogP contribution < -0.4 is 16.6 Å². The van der Waals surface area contributed by atoms with Crippen LogP contribution in [-0.4, -0.2) is 19.5 Å². The molecule has 1 aromatic rings. The zero-order valence-electron chi connectivity index (χ0n) is 9.21. The van der Waals surface area contributed by atoms with Gasteiger partial charge in [0.25, 0.3) is 5.91 Å². The van der Waals surface area contributed by atoms with Crippen molar-refractivity contribution in [3.05, 3.63) is 35.4 Å².